The summed E-state index contributed by atoms with van der Waals surface area (Å²) < 4.78 is 10.2. The molecule has 2 heterocycles. The zero-order valence-electron chi connectivity index (χ0n) is 19.0. The van der Waals surface area contributed by atoms with E-state index in [2.05, 4.69) is 0 Å². The number of β-amino-alcohol motifs (C(OH)–C–C–N with tert-alkyl or cyclic N) is 2. The van der Waals surface area contributed by atoms with Crippen LogP contribution in [0.3, 0.4) is 0 Å². The molecule has 0 saturated carbocycles. The fourth-order valence-corrected chi connectivity index (χ4v) is 3.06. The number of carbonyl (C=O) groups is 3. The lowest BCUT2D eigenvalue weighted by molar-refractivity contribution is -0.122. The Morgan fingerprint density at radius 3 is 1.74 bits per heavy atom. The number of aliphatic hydroxyl groups is 2. The topological polar surface area (TPSA) is 166 Å². The predicted octanol–water partition coefficient (Wildman–Crippen LogP) is 0.722. The Labute approximate surface area is 182 Å². The third kappa shape index (κ3) is 8.59. The molecule has 11 heteroatoms. The van der Waals surface area contributed by atoms with Crippen LogP contribution in [0.4, 0.5) is 9.59 Å². The number of nitrogens with two attached hydrogens (primary N) is 1. The Morgan fingerprint density at radius 2 is 1.32 bits per heavy atom. The summed E-state index contributed by atoms with van der Waals surface area (Å²) in [6.45, 7) is 10.7. The smallest absolute Gasteiger partial charge is 0.411 e. The third-order valence-corrected chi connectivity index (χ3v) is 4.29. The minimum atomic E-state index is -0.773. The Hall–Kier alpha value is -2.58. The molecule has 2 aliphatic heterocycles. The lowest BCUT2D eigenvalue weighted by Gasteiger charge is -2.26. The highest BCUT2D eigenvalue weighted by molar-refractivity contribution is 5.85. The molecule has 2 saturated heterocycles. The molecular weight excluding hydrogens is 408 g/mol. The molecule has 3 amide bonds. The number of likely N-dealkylation sites (tertiary alicyclic amines) is 2. The molecule has 0 aliphatic carbocycles. The normalized spacial score (nSPS) is 25.9. The fraction of sp³-hybridized carbons (Fsp3) is 0.800. The second-order valence-electron chi connectivity index (χ2n) is 9.61. The molecule has 2 aliphatic rings. The summed E-state index contributed by atoms with van der Waals surface area (Å²) in [6.07, 6.45) is -2.02. The van der Waals surface area contributed by atoms with Crippen molar-refractivity contribution in [3.05, 3.63) is 0 Å². The van der Waals surface area contributed by atoms with Crippen LogP contribution in [0.5, 0.6) is 0 Å². The van der Waals surface area contributed by atoms with Gasteiger partial charge >= 0.3 is 12.2 Å². The maximum absolute atomic E-state index is 11.7. The molecule has 0 bridgehead atoms. The number of hydrogen-bond donors (Lipinski definition) is 3. The van der Waals surface area contributed by atoms with Gasteiger partial charge in [-0.2, -0.15) is 5.26 Å². The molecule has 4 N–H and O–H groups in total. The molecular formula is C20H34N4O7. The Balaban J connectivity index is 0.000000311. The molecule has 0 unspecified atom stereocenters. The monoisotopic (exact) mass is 442 g/mol. The third-order valence-electron chi connectivity index (χ3n) is 4.29. The number of ether oxygens (including phenoxy) is 2. The molecule has 11 nitrogen and oxygen atoms in total. The van der Waals surface area contributed by atoms with Gasteiger partial charge in [0.1, 0.15) is 23.3 Å². The average Bonchev–Trinajstić information content (AvgIpc) is 3.15. The molecule has 176 valence electrons. The van der Waals surface area contributed by atoms with Gasteiger partial charge in [-0.15, -0.1) is 0 Å². The highest BCUT2D eigenvalue weighted by atomic mass is 16.6. The second kappa shape index (κ2) is 10.2. The standard InChI is InChI=1S/C10H18N2O4.C10H16N2O3/c1-10(2,3)16-9(15)12-5-6(13)4-7(12)8(11)14;1-10(2,3)15-9(14)12-6-8(13)4-7(12)5-11/h6-7,13H,4-5H2,1-3H3,(H2,11,14);7-8,13H,4,6H2,1-3H3/t6-,7+;7-,8+/m10/s1. The molecule has 0 aromatic rings. The number of hydrogen-bond acceptors (Lipinski definition) is 8. The summed E-state index contributed by atoms with van der Waals surface area (Å²) in [7, 11) is 0. The van der Waals surface area contributed by atoms with E-state index in [0.29, 0.717) is 6.42 Å². The Morgan fingerprint density at radius 1 is 0.903 bits per heavy atom. The van der Waals surface area contributed by atoms with E-state index in [9.17, 15) is 24.6 Å². The first-order chi connectivity index (χ1) is 14.0. The molecule has 2 fully saturated rings. The van der Waals surface area contributed by atoms with Crippen LogP contribution >= 0.6 is 0 Å². The van der Waals surface area contributed by atoms with Crippen LogP contribution < -0.4 is 5.73 Å². The van der Waals surface area contributed by atoms with Crippen molar-refractivity contribution in [3.8, 4) is 6.07 Å². The van der Waals surface area contributed by atoms with Crippen molar-refractivity contribution in [1.29, 1.82) is 5.26 Å². The van der Waals surface area contributed by atoms with E-state index in [0.717, 1.165) is 0 Å². The van der Waals surface area contributed by atoms with Gasteiger partial charge in [0, 0.05) is 12.8 Å². The zero-order valence-corrected chi connectivity index (χ0v) is 19.0. The molecule has 0 radical (unpaired) electrons. The van der Waals surface area contributed by atoms with E-state index in [4.69, 9.17) is 20.5 Å². The first kappa shape index (κ1) is 26.5. The van der Waals surface area contributed by atoms with Gasteiger partial charge in [-0.3, -0.25) is 14.6 Å². The van der Waals surface area contributed by atoms with Crippen molar-refractivity contribution in [2.75, 3.05) is 13.1 Å². The second-order valence-corrected chi connectivity index (χ2v) is 9.61. The van der Waals surface area contributed by atoms with Gasteiger partial charge in [0.15, 0.2) is 0 Å². The molecule has 31 heavy (non-hydrogen) atoms. The van der Waals surface area contributed by atoms with Crippen LogP contribution in [0.2, 0.25) is 0 Å². The molecule has 0 spiro atoms. The quantitative estimate of drug-likeness (QED) is 0.534. The number of nitriles is 1. The largest absolute Gasteiger partial charge is 0.444 e. The number of carbonyl (C=O) groups excluding carboxylic acids is 3. The SMILES string of the molecule is CC(C)(C)OC(=O)N1C[C@H](O)C[C@H]1C#N.CC(C)(C)OC(=O)N1C[C@H](O)C[C@H]1C(N)=O. The van der Waals surface area contributed by atoms with Crippen molar-refractivity contribution in [2.45, 2.75) is 89.9 Å². The Bertz CT molecular complexity index is 708. The van der Waals surface area contributed by atoms with Gasteiger partial charge in [0.25, 0.3) is 0 Å². The van der Waals surface area contributed by atoms with Crippen molar-refractivity contribution in [2.24, 2.45) is 5.73 Å². The first-order valence-electron chi connectivity index (χ1n) is 10.1. The lowest BCUT2D eigenvalue weighted by Crippen LogP contribution is -2.45. The molecule has 0 aromatic heterocycles. The Kier molecular flexibility index (Phi) is 8.66. The predicted molar refractivity (Wildman–Crippen MR) is 110 cm³/mol. The number of amides is 3. The van der Waals surface area contributed by atoms with Crippen LogP contribution in [0.15, 0.2) is 0 Å². The van der Waals surface area contributed by atoms with Gasteiger partial charge in [0.2, 0.25) is 5.91 Å². The summed E-state index contributed by atoms with van der Waals surface area (Å²) in [5.41, 5.74) is 3.94. The minimum absolute atomic E-state index is 0.0858. The molecule has 0 aromatic carbocycles. The lowest BCUT2D eigenvalue weighted by atomic mass is 10.2. The number of rotatable bonds is 1. The van der Waals surface area contributed by atoms with Gasteiger partial charge in [-0.25, -0.2) is 9.59 Å². The molecule has 2 rings (SSSR count). The van der Waals surface area contributed by atoms with E-state index < -0.39 is 53.6 Å². The number of nitrogens with zero attached hydrogens (tertiary/aromatic N) is 3. The maximum Gasteiger partial charge on any atom is 0.411 e. The summed E-state index contributed by atoms with van der Waals surface area (Å²) in [5, 5.41) is 27.5. The average molecular weight is 443 g/mol. The summed E-state index contributed by atoms with van der Waals surface area (Å²) in [5.74, 6) is -0.623. The van der Waals surface area contributed by atoms with Gasteiger partial charge < -0.3 is 25.4 Å². The van der Waals surface area contributed by atoms with E-state index in [1.807, 2.05) is 6.07 Å². The summed E-state index contributed by atoms with van der Waals surface area (Å²) in [4.78, 5) is 36.9. The van der Waals surface area contributed by atoms with E-state index >= 15 is 0 Å². The van der Waals surface area contributed by atoms with Crippen LogP contribution in [0.25, 0.3) is 0 Å². The first-order valence-corrected chi connectivity index (χ1v) is 10.1. The highest BCUT2D eigenvalue weighted by Gasteiger charge is 2.40. The van der Waals surface area contributed by atoms with Crippen LogP contribution in [-0.2, 0) is 14.3 Å². The van der Waals surface area contributed by atoms with Crippen LogP contribution in [0.1, 0.15) is 54.4 Å². The van der Waals surface area contributed by atoms with Crippen molar-refractivity contribution < 1.29 is 34.1 Å². The van der Waals surface area contributed by atoms with Crippen molar-refractivity contribution >= 4 is 18.1 Å². The minimum Gasteiger partial charge on any atom is -0.444 e. The van der Waals surface area contributed by atoms with E-state index in [1.165, 1.54) is 9.80 Å². The molecule has 4 atom stereocenters. The number of aliphatic hydroxyl groups excluding tert-OH is 2. The van der Waals surface area contributed by atoms with Crippen molar-refractivity contribution in [3.63, 3.8) is 0 Å². The highest BCUT2D eigenvalue weighted by Crippen LogP contribution is 2.21. The van der Waals surface area contributed by atoms with Crippen LogP contribution in [-0.4, -0.2) is 86.7 Å². The fourth-order valence-electron chi connectivity index (χ4n) is 3.06. The van der Waals surface area contributed by atoms with Gasteiger partial charge in [-0.05, 0) is 41.5 Å². The van der Waals surface area contributed by atoms with Gasteiger partial charge in [0.05, 0.1) is 31.4 Å². The van der Waals surface area contributed by atoms with Gasteiger partial charge in [-0.1, -0.05) is 0 Å². The van der Waals surface area contributed by atoms with E-state index in [1.54, 1.807) is 41.5 Å². The van der Waals surface area contributed by atoms with Crippen LogP contribution in [0, 0.1) is 11.3 Å². The van der Waals surface area contributed by atoms with Crippen molar-refractivity contribution in [1.82, 2.24) is 9.80 Å². The zero-order chi connectivity index (χ0) is 24.1. The van der Waals surface area contributed by atoms with E-state index in [-0.39, 0.29) is 19.5 Å². The number of primary amides is 1. The summed E-state index contributed by atoms with van der Waals surface area (Å²) >= 11 is 0. The maximum atomic E-state index is 11.7. The summed E-state index contributed by atoms with van der Waals surface area (Å²) in [6, 6.07) is 0.629.